The predicted octanol–water partition coefficient (Wildman–Crippen LogP) is 6.37. The van der Waals surface area contributed by atoms with Crippen LogP contribution in [0.5, 0.6) is 5.75 Å². The van der Waals surface area contributed by atoms with Gasteiger partial charge in [-0.2, -0.15) is 0 Å². The van der Waals surface area contributed by atoms with Crippen LogP contribution in [0.2, 0.25) is 0 Å². The fraction of sp³-hybridized carbons (Fsp3) is 0.154. The highest BCUT2D eigenvalue weighted by Crippen LogP contribution is 2.27. The minimum Gasteiger partial charge on any atom is -0.489 e. The van der Waals surface area contributed by atoms with Crippen LogP contribution in [0.4, 0.5) is 0 Å². The van der Waals surface area contributed by atoms with Gasteiger partial charge in [-0.25, -0.2) is 4.98 Å². The maximum absolute atomic E-state index is 5.99. The molecule has 154 valence electrons. The number of benzene rings is 2. The SMILES string of the molecule is c1csc(-c2ccc3cc(COc4ccc(CCCn5ccnc5)cc4)cnc3c2)c1. The molecule has 0 bridgehead atoms. The molecular formula is C26H23N3OS. The van der Waals surface area contributed by atoms with E-state index in [1.54, 1.807) is 11.3 Å². The van der Waals surface area contributed by atoms with Crippen LogP contribution in [0.15, 0.2) is 91.0 Å². The molecule has 0 N–H and O–H groups in total. The minimum atomic E-state index is 0.510. The molecule has 0 aliphatic rings. The first-order chi connectivity index (χ1) is 15.3. The van der Waals surface area contributed by atoms with Crippen molar-refractivity contribution >= 4 is 22.2 Å². The van der Waals surface area contributed by atoms with Crippen molar-refractivity contribution in [2.24, 2.45) is 0 Å². The zero-order valence-electron chi connectivity index (χ0n) is 17.1. The first-order valence-corrected chi connectivity index (χ1v) is 11.3. The second kappa shape index (κ2) is 9.14. The molecule has 31 heavy (non-hydrogen) atoms. The fourth-order valence-electron chi connectivity index (χ4n) is 3.65. The van der Waals surface area contributed by atoms with Crippen molar-refractivity contribution in [3.8, 4) is 16.2 Å². The number of fused-ring (bicyclic) bond motifs is 1. The van der Waals surface area contributed by atoms with Crippen LogP contribution >= 0.6 is 11.3 Å². The number of hydrogen-bond donors (Lipinski definition) is 0. The van der Waals surface area contributed by atoms with E-state index in [2.05, 4.69) is 68.4 Å². The Morgan fingerprint density at radius 1 is 0.968 bits per heavy atom. The molecule has 4 nitrogen and oxygen atoms in total. The van der Waals surface area contributed by atoms with Crippen molar-refractivity contribution in [2.45, 2.75) is 26.0 Å². The van der Waals surface area contributed by atoms with Gasteiger partial charge in [0.05, 0.1) is 11.8 Å². The summed E-state index contributed by atoms with van der Waals surface area (Å²) in [5, 5.41) is 3.23. The van der Waals surface area contributed by atoms with Gasteiger partial charge in [0.25, 0.3) is 0 Å². The van der Waals surface area contributed by atoms with Crippen LogP contribution in [-0.4, -0.2) is 14.5 Å². The van der Waals surface area contributed by atoms with Gasteiger partial charge < -0.3 is 9.30 Å². The number of aryl methyl sites for hydroxylation is 2. The Hall–Kier alpha value is -3.44. The van der Waals surface area contributed by atoms with Crippen LogP contribution in [0.25, 0.3) is 21.3 Å². The first-order valence-electron chi connectivity index (χ1n) is 10.4. The molecule has 0 aliphatic heterocycles. The van der Waals surface area contributed by atoms with Crippen LogP contribution in [0, 0.1) is 0 Å². The van der Waals surface area contributed by atoms with Gasteiger partial charge in [-0.15, -0.1) is 11.3 Å². The van der Waals surface area contributed by atoms with Crippen molar-refractivity contribution in [3.63, 3.8) is 0 Å². The predicted molar refractivity (Wildman–Crippen MR) is 126 cm³/mol. The Bertz CT molecular complexity index is 1250. The molecule has 3 aromatic heterocycles. The van der Waals surface area contributed by atoms with Crippen molar-refractivity contribution in [1.29, 1.82) is 0 Å². The fourth-order valence-corrected chi connectivity index (χ4v) is 4.37. The van der Waals surface area contributed by atoms with E-state index in [0.29, 0.717) is 6.61 Å². The molecule has 2 aromatic carbocycles. The van der Waals surface area contributed by atoms with E-state index in [4.69, 9.17) is 4.74 Å². The average Bonchev–Trinajstić information content (AvgIpc) is 3.53. The number of nitrogens with zero attached hydrogens (tertiary/aromatic N) is 3. The lowest BCUT2D eigenvalue weighted by Gasteiger charge is -2.09. The summed E-state index contributed by atoms with van der Waals surface area (Å²) in [5.41, 5.74) is 4.61. The van der Waals surface area contributed by atoms with E-state index < -0.39 is 0 Å². The molecule has 0 radical (unpaired) electrons. The van der Waals surface area contributed by atoms with E-state index in [0.717, 1.165) is 41.6 Å². The van der Waals surface area contributed by atoms with Crippen molar-refractivity contribution in [2.75, 3.05) is 0 Å². The molecule has 5 aromatic rings. The highest BCUT2D eigenvalue weighted by atomic mass is 32.1. The molecule has 0 amide bonds. The standard InChI is InChI=1S/C26H23N3OS/c1(12-29-13-11-27-19-29)3-20-5-9-24(10-6-20)30-18-21-15-22-7-8-23(16-25(22)28-17-21)26-4-2-14-31-26/h2,4-11,13-17,19H,1,3,12,18H2. The Kier molecular flexibility index (Phi) is 5.76. The third-order valence-electron chi connectivity index (χ3n) is 5.32. The van der Waals surface area contributed by atoms with Crippen LogP contribution in [0.1, 0.15) is 17.5 Å². The topological polar surface area (TPSA) is 39.9 Å². The Balaban J connectivity index is 1.18. The highest BCUT2D eigenvalue weighted by Gasteiger charge is 2.04. The summed E-state index contributed by atoms with van der Waals surface area (Å²) < 4.78 is 8.10. The van der Waals surface area contributed by atoms with Gasteiger partial charge in [-0.3, -0.25) is 4.98 Å². The summed E-state index contributed by atoms with van der Waals surface area (Å²) in [5.74, 6) is 0.881. The van der Waals surface area contributed by atoms with E-state index in [1.807, 2.05) is 37.1 Å². The van der Waals surface area contributed by atoms with Gasteiger partial charge in [0, 0.05) is 41.0 Å². The second-order valence-corrected chi connectivity index (χ2v) is 8.51. The van der Waals surface area contributed by atoms with Crippen molar-refractivity contribution in [1.82, 2.24) is 14.5 Å². The monoisotopic (exact) mass is 425 g/mol. The molecule has 0 fully saturated rings. The van der Waals surface area contributed by atoms with Crippen LogP contribution < -0.4 is 4.74 Å². The van der Waals surface area contributed by atoms with Gasteiger partial charge in [-0.05, 0) is 59.7 Å². The van der Waals surface area contributed by atoms with Crippen molar-refractivity contribution < 1.29 is 4.74 Å². The number of pyridine rings is 1. The molecule has 0 unspecified atom stereocenters. The zero-order chi connectivity index (χ0) is 20.9. The minimum absolute atomic E-state index is 0.510. The maximum Gasteiger partial charge on any atom is 0.119 e. The number of aromatic nitrogens is 3. The van der Waals surface area contributed by atoms with E-state index in [1.165, 1.54) is 16.0 Å². The zero-order valence-corrected chi connectivity index (χ0v) is 18.0. The van der Waals surface area contributed by atoms with E-state index in [9.17, 15) is 0 Å². The molecular weight excluding hydrogens is 402 g/mol. The summed E-state index contributed by atoms with van der Waals surface area (Å²) in [4.78, 5) is 9.99. The quantitative estimate of drug-likeness (QED) is 0.290. The first kappa shape index (κ1) is 19.5. The number of rotatable bonds is 8. The highest BCUT2D eigenvalue weighted by molar-refractivity contribution is 7.13. The lowest BCUT2D eigenvalue weighted by Crippen LogP contribution is -1.98. The Morgan fingerprint density at radius 2 is 1.90 bits per heavy atom. The summed E-state index contributed by atoms with van der Waals surface area (Å²) in [6.07, 6.45) is 9.72. The van der Waals surface area contributed by atoms with Gasteiger partial charge in [0.1, 0.15) is 12.4 Å². The summed E-state index contributed by atoms with van der Waals surface area (Å²) in [6, 6.07) is 21.2. The molecule has 5 rings (SSSR count). The summed E-state index contributed by atoms with van der Waals surface area (Å²) >= 11 is 1.75. The average molecular weight is 426 g/mol. The van der Waals surface area contributed by atoms with Gasteiger partial charge >= 0.3 is 0 Å². The smallest absolute Gasteiger partial charge is 0.119 e. The third kappa shape index (κ3) is 4.84. The molecule has 0 saturated carbocycles. The van der Waals surface area contributed by atoms with Gasteiger partial charge in [0.15, 0.2) is 0 Å². The summed E-state index contributed by atoms with van der Waals surface area (Å²) in [6.45, 7) is 1.50. The molecule has 0 aliphatic carbocycles. The Morgan fingerprint density at radius 3 is 2.71 bits per heavy atom. The second-order valence-electron chi connectivity index (χ2n) is 7.57. The number of hydrogen-bond acceptors (Lipinski definition) is 4. The van der Waals surface area contributed by atoms with Gasteiger partial charge in [-0.1, -0.05) is 30.3 Å². The molecule has 5 heteroatoms. The summed E-state index contributed by atoms with van der Waals surface area (Å²) in [7, 11) is 0. The molecule has 0 saturated heterocycles. The third-order valence-corrected chi connectivity index (χ3v) is 6.24. The Labute approximate surface area is 185 Å². The maximum atomic E-state index is 5.99. The van der Waals surface area contributed by atoms with Crippen molar-refractivity contribution in [3.05, 3.63) is 102 Å². The molecule has 0 spiro atoms. The normalized spacial score (nSPS) is 11.1. The van der Waals surface area contributed by atoms with Crippen LogP contribution in [0.3, 0.4) is 0 Å². The van der Waals surface area contributed by atoms with Crippen LogP contribution in [-0.2, 0) is 19.6 Å². The molecule has 3 heterocycles. The number of ether oxygens (including phenoxy) is 1. The lowest BCUT2D eigenvalue weighted by molar-refractivity contribution is 0.306. The molecule has 0 atom stereocenters. The lowest BCUT2D eigenvalue weighted by atomic mass is 10.1. The van der Waals surface area contributed by atoms with Gasteiger partial charge in [0.2, 0.25) is 0 Å². The number of thiophene rings is 1. The number of imidazole rings is 1. The largest absolute Gasteiger partial charge is 0.489 e. The van der Waals surface area contributed by atoms with E-state index in [-0.39, 0.29) is 0 Å². The van der Waals surface area contributed by atoms with E-state index >= 15 is 0 Å².